The third kappa shape index (κ3) is 3.74. The van der Waals surface area contributed by atoms with Crippen molar-refractivity contribution in [1.82, 2.24) is 19.2 Å². The molecule has 12 heteroatoms. The van der Waals surface area contributed by atoms with Crippen LogP contribution < -0.4 is 4.72 Å². The van der Waals surface area contributed by atoms with Crippen molar-refractivity contribution in [2.45, 2.75) is 31.4 Å². The number of sulfonamides is 1. The fourth-order valence-corrected chi connectivity index (χ4v) is 5.81. The number of aromatic nitrogens is 4. The van der Waals surface area contributed by atoms with Gasteiger partial charge in [-0.05, 0) is 54.9 Å². The van der Waals surface area contributed by atoms with Crippen LogP contribution in [0.1, 0.15) is 20.8 Å². The summed E-state index contributed by atoms with van der Waals surface area (Å²) in [5.41, 5.74) is 0.0155. The van der Waals surface area contributed by atoms with Gasteiger partial charge in [-0.1, -0.05) is 0 Å². The highest BCUT2D eigenvalue weighted by molar-refractivity contribution is 9.10. The van der Waals surface area contributed by atoms with Gasteiger partial charge >= 0.3 is 6.09 Å². The largest absolute Gasteiger partial charge is 0.442 e. The normalized spacial score (nSPS) is 12.6. The Bertz CT molecular complexity index is 1350. The first-order valence-corrected chi connectivity index (χ1v) is 11.6. The minimum Gasteiger partial charge on any atom is -0.442 e. The molecule has 3 heterocycles. The van der Waals surface area contributed by atoms with E-state index in [9.17, 15) is 13.2 Å². The topological polar surface area (TPSA) is 108 Å². The van der Waals surface area contributed by atoms with Gasteiger partial charge in [0.25, 0.3) is 10.0 Å². The second-order valence-corrected chi connectivity index (χ2v) is 10.4. The third-order valence-electron chi connectivity index (χ3n) is 3.82. The molecule has 0 radical (unpaired) electrons. The van der Waals surface area contributed by atoms with E-state index in [0.717, 1.165) is 4.68 Å². The molecule has 0 saturated heterocycles. The lowest BCUT2D eigenvalue weighted by Crippen LogP contribution is -2.27. The maximum absolute atomic E-state index is 13.0. The summed E-state index contributed by atoms with van der Waals surface area (Å²) in [6, 6.07) is 4.80. The van der Waals surface area contributed by atoms with Crippen LogP contribution in [0.15, 0.2) is 45.6 Å². The van der Waals surface area contributed by atoms with Crippen LogP contribution in [0.4, 0.5) is 10.5 Å². The first-order valence-electron chi connectivity index (χ1n) is 8.40. The molecule has 0 saturated carbocycles. The fraction of sp³-hybridized carbons (Fsp3) is 0.235. The van der Waals surface area contributed by atoms with Crippen molar-refractivity contribution < 1.29 is 17.9 Å². The van der Waals surface area contributed by atoms with Crippen LogP contribution in [0.25, 0.3) is 15.9 Å². The van der Waals surface area contributed by atoms with E-state index in [0.29, 0.717) is 15.9 Å². The highest BCUT2D eigenvalue weighted by Gasteiger charge is 2.25. The molecule has 4 rings (SSSR count). The molecule has 0 spiro atoms. The van der Waals surface area contributed by atoms with Crippen LogP contribution >= 0.6 is 27.3 Å². The molecule has 0 amide bonds. The number of benzene rings is 1. The first-order chi connectivity index (χ1) is 13.5. The van der Waals surface area contributed by atoms with E-state index >= 15 is 0 Å². The fourth-order valence-electron chi connectivity index (χ4n) is 2.72. The molecule has 0 aliphatic carbocycles. The summed E-state index contributed by atoms with van der Waals surface area (Å²) in [5.74, 6) is 0. The van der Waals surface area contributed by atoms with Gasteiger partial charge in [0.1, 0.15) is 10.2 Å². The molecule has 1 aromatic carbocycles. The molecular weight excluding hydrogens is 482 g/mol. The van der Waals surface area contributed by atoms with Crippen molar-refractivity contribution in [2.75, 3.05) is 4.72 Å². The van der Waals surface area contributed by atoms with Crippen molar-refractivity contribution in [1.29, 1.82) is 0 Å². The van der Waals surface area contributed by atoms with E-state index in [1.807, 2.05) is 0 Å². The molecule has 3 aromatic heterocycles. The van der Waals surface area contributed by atoms with E-state index in [1.54, 1.807) is 44.5 Å². The van der Waals surface area contributed by atoms with Gasteiger partial charge in [-0.2, -0.15) is 18.2 Å². The average molecular weight is 498 g/mol. The zero-order valence-electron chi connectivity index (χ0n) is 15.6. The second kappa shape index (κ2) is 6.82. The number of carbonyl (C=O) groups is 1. The van der Waals surface area contributed by atoms with Crippen LogP contribution in [-0.2, 0) is 14.8 Å². The van der Waals surface area contributed by atoms with Gasteiger partial charge in [-0.25, -0.2) is 9.78 Å². The van der Waals surface area contributed by atoms with Crippen LogP contribution in [0, 0.1) is 0 Å². The number of carbonyl (C=O) groups excluding carboxylic acids is 1. The molecule has 0 bridgehead atoms. The Kier molecular flexibility index (Phi) is 4.67. The number of halogens is 1. The Balaban J connectivity index is 1.71. The van der Waals surface area contributed by atoms with Gasteiger partial charge in [-0.3, -0.25) is 9.12 Å². The van der Waals surface area contributed by atoms with Crippen molar-refractivity contribution in [3.05, 3.63) is 40.6 Å². The maximum atomic E-state index is 13.0. The number of anilines is 1. The van der Waals surface area contributed by atoms with E-state index in [1.165, 1.54) is 28.0 Å². The summed E-state index contributed by atoms with van der Waals surface area (Å²) in [6.07, 6.45) is 2.50. The van der Waals surface area contributed by atoms with Gasteiger partial charge < -0.3 is 4.74 Å². The number of nitrogens with zero attached hydrogens (tertiary/aromatic N) is 4. The summed E-state index contributed by atoms with van der Waals surface area (Å²) < 4.78 is 36.6. The quantitative estimate of drug-likeness (QED) is 0.456. The number of rotatable bonds is 3. The van der Waals surface area contributed by atoms with Crippen LogP contribution in [0.5, 0.6) is 0 Å². The van der Waals surface area contributed by atoms with Gasteiger partial charge in [0, 0.05) is 17.0 Å². The summed E-state index contributed by atoms with van der Waals surface area (Å²) in [6.45, 7) is 5.26. The molecule has 1 N–H and O–H groups in total. The number of hydrogen-bond donors (Lipinski definition) is 1. The number of thiazole rings is 1. The molecular formula is C17H16BrN5O4S2. The van der Waals surface area contributed by atoms with Gasteiger partial charge in [0.15, 0.2) is 9.99 Å². The molecule has 0 aliphatic rings. The van der Waals surface area contributed by atoms with E-state index in [2.05, 4.69) is 30.7 Å². The molecule has 0 unspecified atom stereocenters. The molecule has 29 heavy (non-hydrogen) atoms. The summed E-state index contributed by atoms with van der Waals surface area (Å²) in [7, 11) is -3.95. The van der Waals surface area contributed by atoms with Crippen LogP contribution in [0.2, 0.25) is 0 Å². The minimum absolute atomic E-state index is 0.00510. The highest BCUT2D eigenvalue weighted by atomic mass is 79.9. The second-order valence-electron chi connectivity index (χ2n) is 7.18. The van der Waals surface area contributed by atoms with E-state index in [-0.39, 0.29) is 15.3 Å². The summed E-state index contributed by atoms with van der Waals surface area (Å²) >= 11 is 4.53. The predicted octanol–water partition coefficient (Wildman–Crippen LogP) is 4.09. The van der Waals surface area contributed by atoms with E-state index in [4.69, 9.17) is 4.74 Å². The first kappa shape index (κ1) is 19.9. The number of fused-ring (bicyclic) bond motifs is 2. The SMILES string of the molecule is CC(C)(C)OC(=O)n1ncc2ccc(NS(=O)(=O)c3c(Br)nc4sccn34)cc21. The molecule has 4 aromatic rings. The number of hydrogen-bond acceptors (Lipinski definition) is 7. The molecule has 0 aliphatic heterocycles. The van der Waals surface area contributed by atoms with Gasteiger partial charge in [0.05, 0.1) is 17.4 Å². The van der Waals surface area contributed by atoms with Crippen molar-refractivity contribution in [3.8, 4) is 0 Å². The lowest BCUT2D eigenvalue weighted by atomic mass is 10.2. The summed E-state index contributed by atoms with van der Waals surface area (Å²) in [4.78, 5) is 17.2. The number of nitrogens with one attached hydrogen (secondary N) is 1. The zero-order valence-corrected chi connectivity index (χ0v) is 18.8. The van der Waals surface area contributed by atoms with Crippen LogP contribution in [-0.4, -0.2) is 39.3 Å². The van der Waals surface area contributed by atoms with Gasteiger partial charge in [-0.15, -0.1) is 11.3 Å². The molecule has 152 valence electrons. The van der Waals surface area contributed by atoms with Crippen molar-refractivity contribution in [3.63, 3.8) is 0 Å². The summed E-state index contributed by atoms with van der Waals surface area (Å²) in [5, 5.41) is 6.47. The molecule has 0 atom stereocenters. The Morgan fingerprint density at radius 2 is 2.07 bits per heavy atom. The monoisotopic (exact) mass is 497 g/mol. The van der Waals surface area contributed by atoms with Crippen LogP contribution in [0.3, 0.4) is 0 Å². The molecule has 9 nitrogen and oxygen atoms in total. The lowest BCUT2D eigenvalue weighted by Gasteiger charge is -2.19. The lowest BCUT2D eigenvalue weighted by molar-refractivity contribution is 0.0523. The Morgan fingerprint density at radius 1 is 1.31 bits per heavy atom. The number of imidazole rings is 1. The molecule has 0 fully saturated rings. The highest BCUT2D eigenvalue weighted by Crippen LogP contribution is 2.28. The van der Waals surface area contributed by atoms with Crippen molar-refractivity contribution >= 4 is 64.9 Å². The Labute approximate surface area is 178 Å². The standard InChI is InChI=1S/C17H16BrN5O4S2/c1-17(2,3)27-16(24)23-12-8-11(5-4-10(12)9-19-23)21-29(25,26)14-13(18)20-15-22(14)6-7-28-15/h4-9,21H,1-3H3. The number of ether oxygens (including phenoxy) is 1. The van der Waals surface area contributed by atoms with E-state index < -0.39 is 21.7 Å². The minimum atomic E-state index is -3.95. The van der Waals surface area contributed by atoms with Crippen molar-refractivity contribution in [2.24, 2.45) is 0 Å². The smallest absolute Gasteiger partial charge is 0.435 e. The Hall–Kier alpha value is -2.44. The predicted molar refractivity (Wildman–Crippen MR) is 113 cm³/mol. The maximum Gasteiger partial charge on any atom is 0.435 e. The third-order valence-corrected chi connectivity index (χ3v) is 6.80. The Morgan fingerprint density at radius 3 is 2.79 bits per heavy atom. The zero-order chi connectivity index (χ0) is 21.0. The van der Waals surface area contributed by atoms with Gasteiger partial charge in [0.2, 0.25) is 0 Å². The average Bonchev–Trinajstić information content (AvgIpc) is 3.25.